The first kappa shape index (κ1) is 14.4. The molecule has 2 unspecified atom stereocenters. The van der Waals surface area contributed by atoms with Gasteiger partial charge in [-0.2, -0.15) is 13.2 Å². The van der Waals surface area contributed by atoms with Gasteiger partial charge >= 0.3 is 6.18 Å². The van der Waals surface area contributed by atoms with Gasteiger partial charge in [0.05, 0.1) is 5.56 Å². The Hall–Kier alpha value is -0.700. The van der Waals surface area contributed by atoms with Gasteiger partial charge in [0.15, 0.2) is 0 Å². The minimum absolute atomic E-state index is 0.0299. The van der Waals surface area contributed by atoms with Crippen molar-refractivity contribution in [3.8, 4) is 0 Å². The van der Waals surface area contributed by atoms with E-state index in [9.17, 15) is 13.2 Å². The Labute approximate surface area is 105 Å². The molecule has 0 nitrogen and oxygen atoms in total. The average molecular weight is 265 g/mol. The first-order valence-corrected chi connectivity index (χ1v) is 6.08. The Kier molecular flexibility index (Phi) is 4.87. The number of benzene rings is 1. The summed E-state index contributed by atoms with van der Waals surface area (Å²) < 4.78 is 37.1. The van der Waals surface area contributed by atoms with Crippen molar-refractivity contribution in [2.24, 2.45) is 5.92 Å². The van der Waals surface area contributed by atoms with Crippen LogP contribution in [0.15, 0.2) is 24.3 Å². The Bertz CT molecular complexity index is 341. The molecule has 0 saturated heterocycles. The molecular weight excluding hydrogens is 249 g/mol. The lowest BCUT2D eigenvalue weighted by molar-refractivity contribution is -0.137. The highest BCUT2D eigenvalue weighted by Crippen LogP contribution is 2.29. The SMILES string of the molecule is CCC(Cc1ccc(C(F)(F)F)cc1)C(C)Cl. The Morgan fingerprint density at radius 1 is 1.18 bits per heavy atom. The van der Waals surface area contributed by atoms with Crippen LogP contribution in [0.3, 0.4) is 0 Å². The normalized spacial score (nSPS) is 15.6. The highest BCUT2D eigenvalue weighted by Gasteiger charge is 2.30. The van der Waals surface area contributed by atoms with Crippen molar-refractivity contribution in [1.29, 1.82) is 0 Å². The molecule has 1 aromatic rings. The molecule has 0 saturated carbocycles. The van der Waals surface area contributed by atoms with E-state index in [2.05, 4.69) is 0 Å². The molecule has 0 aliphatic carbocycles. The topological polar surface area (TPSA) is 0 Å². The zero-order chi connectivity index (χ0) is 13.1. The predicted molar refractivity (Wildman–Crippen MR) is 64.2 cm³/mol. The highest BCUT2D eigenvalue weighted by atomic mass is 35.5. The third kappa shape index (κ3) is 4.23. The van der Waals surface area contributed by atoms with E-state index in [1.165, 1.54) is 12.1 Å². The summed E-state index contributed by atoms with van der Waals surface area (Å²) in [5, 5.41) is 0.0299. The van der Waals surface area contributed by atoms with Crippen LogP contribution in [-0.2, 0) is 12.6 Å². The molecule has 0 N–H and O–H groups in total. The number of alkyl halides is 4. The Morgan fingerprint density at radius 3 is 2.06 bits per heavy atom. The summed E-state index contributed by atoms with van der Waals surface area (Å²) in [7, 11) is 0. The molecule has 1 rings (SSSR count). The van der Waals surface area contributed by atoms with E-state index in [1.807, 2.05) is 13.8 Å². The fourth-order valence-electron chi connectivity index (χ4n) is 1.76. The van der Waals surface area contributed by atoms with E-state index in [1.54, 1.807) is 0 Å². The molecule has 0 heterocycles. The molecule has 0 aliphatic rings. The number of rotatable bonds is 4. The van der Waals surface area contributed by atoms with Crippen LogP contribution in [0.5, 0.6) is 0 Å². The van der Waals surface area contributed by atoms with E-state index >= 15 is 0 Å². The lowest BCUT2D eigenvalue weighted by Gasteiger charge is -2.17. The minimum atomic E-state index is -4.26. The van der Waals surface area contributed by atoms with E-state index < -0.39 is 11.7 Å². The van der Waals surface area contributed by atoms with Crippen molar-refractivity contribution >= 4 is 11.6 Å². The second-order valence-electron chi connectivity index (χ2n) is 4.24. The molecule has 17 heavy (non-hydrogen) atoms. The minimum Gasteiger partial charge on any atom is -0.166 e. The van der Waals surface area contributed by atoms with E-state index in [4.69, 9.17) is 11.6 Å². The van der Waals surface area contributed by atoms with Crippen molar-refractivity contribution < 1.29 is 13.2 Å². The summed E-state index contributed by atoms with van der Waals surface area (Å²) in [5.74, 6) is 0.299. The summed E-state index contributed by atoms with van der Waals surface area (Å²) >= 11 is 6.02. The molecule has 1 aromatic carbocycles. The quantitative estimate of drug-likeness (QED) is 0.679. The van der Waals surface area contributed by atoms with Gasteiger partial charge in [0, 0.05) is 5.38 Å². The summed E-state index contributed by atoms with van der Waals surface area (Å²) in [4.78, 5) is 0. The molecule has 0 aromatic heterocycles. The number of hydrogen-bond acceptors (Lipinski definition) is 0. The third-order valence-corrected chi connectivity index (χ3v) is 3.31. The van der Waals surface area contributed by atoms with E-state index in [-0.39, 0.29) is 5.38 Å². The zero-order valence-corrected chi connectivity index (χ0v) is 10.6. The van der Waals surface area contributed by atoms with Crippen LogP contribution in [0.1, 0.15) is 31.4 Å². The first-order chi connectivity index (χ1) is 7.84. The van der Waals surface area contributed by atoms with Crippen molar-refractivity contribution in [1.82, 2.24) is 0 Å². The zero-order valence-electron chi connectivity index (χ0n) is 9.89. The van der Waals surface area contributed by atoms with Gasteiger partial charge in [-0.15, -0.1) is 11.6 Å². The number of halogens is 4. The Morgan fingerprint density at radius 2 is 1.71 bits per heavy atom. The first-order valence-electron chi connectivity index (χ1n) is 5.64. The lowest BCUT2D eigenvalue weighted by atomic mass is 9.94. The maximum absolute atomic E-state index is 12.4. The summed E-state index contributed by atoms with van der Waals surface area (Å²) in [5.41, 5.74) is 0.297. The second kappa shape index (κ2) is 5.76. The molecule has 0 amide bonds. The van der Waals surface area contributed by atoms with Gasteiger partial charge < -0.3 is 0 Å². The van der Waals surface area contributed by atoms with Gasteiger partial charge in [0.2, 0.25) is 0 Å². The maximum Gasteiger partial charge on any atom is 0.416 e. The molecule has 4 heteroatoms. The van der Waals surface area contributed by atoms with Gasteiger partial charge in [-0.05, 0) is 37.0 Å². The van der Waals surface area contributed by atoms with Gasteiger partial charge in [-0.25, -0.2) is 0 Å². The molecule has 0 aliphatic heterocycles. The van der Waals surface area contributed by atoms with Crippen molar-refractivity contribution in [2.75, 3.05) is 0 Å². The monoisotopic (exact) mass is 264 g/mol. The van der Waals surface area contributed by atoms with Crippen molar-refractivity contribution in [3.05, 3.63) is 35.4 Å². The van der Waals surface area contributed by atoms with Crippen LogP contribution >= 0.6 is 11.6 Å². The highest BCUT2D eigenvalue weighted by molar-refractivity contribution is 6.20. The van der Waals surface area contributed by atoms with E-state index in [0.717, 1.165) is 30.5 Å². The average Bonchev–Trinajstić information content (AvgIpc) is 2.25. The predicted octanol–water partition coefficient (Wildman–Crippen LogP) is 4.90. The fraction of sp³-hybridized carbons (Fsp3) is 0.538. The van der Waals surface area contributed by atoms with Gasteiger partial charge in [0.1, 0.15) is 0 Å². The summed E-state index contributed by atoms with van der Waals surface area (Å²) in [6.07, 6.45) is -2.62. The molecule has 0 fully saturated rings. The Balaban J connectivity index is 2.75. The molecule has 2 atom stereocenters. The van der Waals surface area contributed by atoms with Gasteiger partial charge in [0.25, 0.3) is 0 Å². The molecule has 0 radical (unpaired) electrons. The molecule has 0 spiro atoms. The van der Waals surface area contributed by atoms with Crippen molar-refractivity contribution in [3.63, 3.8) is 0 Å². The lowest BCUT2D eigenvalue weighted by Crippen LogP contribution is -2.13. The molecule has 0 bridgehead atoms. The van der Waals surface area contributed by atoms with Crippen LogP contribution in [0.2, 0.25) is 0 Å². The summed E-state index contributed by atoms with van der Waals surface area (Å²) in [6.45, 7) is 3.95. The largest absolute Gasteiger partial charge is 0.416 e. The van der Waals surface area contributed by atoms with Crippen molar-refractivity contribution in [2.45, 2.75) is 38.2 Å². The van der Waals surface area contributed by atoms with Crippen LogP contribution < -0.4 is 0 Å². The molecular formula is C13H16ClF3. The van der Waals surface area contributed by atoms with Crippen LogP contribution in [0.25, 0.3) is 0 Å². The third-order valence-electron chi connectivity index (χ3n) is 2.95. The van der Waals surface area contributed by atoms with Gasteiger partial charge in [-0.1, -0.05) is 25.5 Å². The molecule has 96 valence electrons. The van der Waals surface area contributed by atoms with E-state index in [0.29, 0.717) is 5.92 Å². The standard InChI is InChI=1S/C13H16ClF3/c1-3-11(9(2)14)8-10-4-6-12(7-5-10)13(15,16)17/h4-7,9,11H,3,8H2,1-2H3. The van der Waals surface area contributed by atoms with Crippen LogP contribution in [0, 0.1) is 5.92 Å². The van der Waals surface area contributed by atoms with Crippen LogP contribution in [-0.4, -0.2) is 5.38 Å². The second-order valence-corrected chi connectivity index (χ2v) is 4.93. The number of hydrogen-bond donors (Lipinski definition) is 0. The van der Waals surface area contributed by atoms with Crippen LogP contribution in [0.4, 0.5) is 13.2 Å². The fourth-order valence-corrected chi connectivity index (χ4v) is 2.03. The smallest absolute Gasteiger partial charge is 0.166 e. The van der Waals surface area contributed by atoms with Gasteiger partial charge in [-0.3, -0.25) is 0 Å². The maximum atomic E-state index is 12.4. The summed E-state index contributed by atoms with van der Waals surface area (Å²) in [6, 6.07) is 5.32.